The third-order valence-electron chi connectivity index (χ3n) is 5.82. The molecule has 0 spiro atoms. The number of halogens is 4. The van der Waals surface area contributed by atoms with Crippen molar-refractivity contribution in [1.82, 2.24) is 24.4 Å². The zero-order valence-electron chi connectivity index (χ0n) is 18.0. The van der Waals surface area contributed by atoms with Crippen molar-refractivity contribution in [2.24, 2.45) is 0 Å². The fraction of sp³-hybridized carbons (Fsp3) is 0.261. The fourth-order valence-electron chi connectivity index (χ4n) is 3.86. The Bertz CT molecular complexity index is 1350. The fourth-order valence-corrected chi connectivity index (χ4v) is 4.74. The summed E-state index contributed by atoms with van der Waals surface area (Å²) >= 11 is 1.29. The Hall–Kier alpha value is -3.31. The highest BCUT2D eigenvalue weighted by molar-refractivity contribution is 7.19. The summed E-state index contributed by atoms with van der Waals surface area (Å²) in [7, 11) is 2.03. The summed E-state index contributed by atoms with van der Waals surface area (Å²) in [5.74, 6) is -1.36. The maximum atomic E-state index is 14.1. The summed E-state index contributed by atoms with van der Waals surface area (Å²) in [6, 6.07) is 9.88. The number of fused-ring (bicyclic) bond motifs is 1. The zero-order valence-corrected chi connectivity index (χ0v) is 18.8. The quantitative estimate of drug-likeness (QED) is 0.393. The van der Waals surface area contributed by atoms with E-state index in [-0.39, 0.29) is 11.5 Å². The largest absolute Gasteiger partial charge is 0.419 e. The molecule has 1 amide bonds. The molecule has 1 fully saturated rings. The zero-order chi connectivity index (χ0) is 24.0. The first kappa shape index (κ1) is 22.5. The lowest BCUT2D eigenvalue weighted by Crippen LogP contribution is -2.47. The van der Waals surface area contributed by atoms with Crippen LogP contribution in [-0.4, -0.2) is 63.5 Å². The molecular weight excluding hydrogens is 470 g/mol. The summed E-state index contributed by atoms with van der Waals surface area (Å²) in [6.45, 7) is 3.06. The van der Waals surface area contributed by atoms with E-state index in [1.54, 1.807) is 24.3 Å². The monoisotopic (exact) mass is 489 g/mol. The van der Waals surface area contributed by atoms with E-state index >= 15 is 0 Å². The minimum Gasteiger partial charge on any atom is -0.336 e. The number of benzene rings is 2. The summed E-state index contributed by atoms with van der Waals surface area (Å²) < 4.78 is 54.2. The Labute approximate surface area is 196 Å². The van der Waals surface area contributed by atoms with Gasteiger partial charge in [-0.2, -0.15) is 18.3 Å². The van der Waals surface area contributed by atoms with Crippen LogP contribution in [0.25, 0.3) is 26.8 Å². The van der Waals surface area contributed by atoms with E-state index in [9.17, 15) is 22.4 Å². The summed E-state index contributed by atoms with van der Waals surface area (Å²) in [4.78, 5) is 21.5. The molecule has 2 aromatic heterocycles. The molecular formula is C23H19F4N5OS. The van der Waals surface area contributed by atoms with Gasteiger partial charge in [0.25, 0.3) is 5.91 Å². The molecule has 4 aromatic rings. The van der Waals surface area contributed by atoms with Gasteiger partial charge in [-0.25, -0.2) is 13.9 Å². The van der Waals surface area contributed by atoms with Crippen molar-refractivity contribution >= 4 is 22.2 Å². The van der Waals surface area contributed by atoms with Crippen LogP contribution in [0, 0.1) is 5.82 Å². The van der Waals surface area contributed by atoms with Crippen LogP contribution in [0.3, 0.4) is 0 Å². The van der Waals surface area contributed by atoms with Gasteiger partial charge in [0.05, 0.1) is 17.5 Å². The normalized spacial score (nSPS) is 15.3. The van der Waals surface area contributed by atoms with Gasteiger partial charge in [-0.3, -0.25) is 4.79 Å². The number of imidazole rings is 1. The summed E-state index contributed by atoms with van der Waals surface area (Å²) in [6.07, 6.45) is -3.32. The predicted molar refractivity (Wildman–Crippen MR) is 120 cm³/mol. The Morgan fingerprint density at radius 3 is 2.32 bits per heavy atom. The highest BCUT2D eigenvalue weighted by Gasteiger charge is 2.34. The Morgan fingerprint density at radius 1 is 1.00 bits per heavy atom. The van der Waals surface area contributed by atoms with Crippen LogP contribution in [0.5, 0.6) is 0 Å². The first-order valence-corrected chi connectivity index (χ1v) is 11.3. The van der Waals surface area contributed by atoms with Gasteiger partial charge in [0.2, 0.25) is 4.96 Å². The van der Waals surface area contributed by atoms with Crippen LogP contribution in [0.4, 0.5) is 17.6 Å². The standard InChI is InChI=1S/C23H19F4N5OS/c1-30-8-10-31(11-9-30)21(33)15-4-2-14(3-5-15)20-29-32-19(13-28-22(32)34-20)16-6-7-17(18(24)12-16)23(25,26)27/h2-7,12-13H,8-11H2,1H3. The number of hydrogen-bond acceptors (Lipinski definition) is 5. The molecule has 0 atom stereocenters. The average Bonchev–Trinajstić information content (AvgIpc) is 3.39. The first-order chi connectivity index (χ1) is 16.2. The van der Waals surface area contributed by atoms with Gasteiger partial charge < -0.3 is 9.80 Å². The second kappa shape index (κ2) is 8.48. The lowest BCUT2D eigenvalue weighted by atomic mass is 10.1. The molecule has 6 nitrogen and oxygen atoms in total. The maximum Gasteiger partial charge on any atom is 0.419 e. The number of amides is 1. The molecule has 0 unspecified atom stereocenters. The van der Waals surface area contributed by atoms with Crippen molar-refractivity contribution in [3.05, 3.63) is 65.6 Å². The molecule has 1 aliphatic rings. The molecule has 11 heteroatoms. The molecule has 3 heterocycles. The average molecular weight is 489 g/mol. The predicted octanol–water partition coefficient (Wildman–Crippen LogP) is 4.67. The Kier molecular flexibility index (Phi) is 5.61. The number of carbonyl (C=O) groups is 1. The van der Waals surface area contributed by atoms with Gasteiger partial charge in [0, 0.05) is 42.9 Å². The number of aromatic nitrogens is 3. The molecule has 1 aliphatic heterocycles. The van der Waals surface area contributed by atoms with Crippen molar-refractivity contribution in [3.8, 4) is 21.8 Å². The second-order valence-corrected chi connectivity index (χ2v) is 9.07. The van der Waals surface area contributed by atoms with Crippen molar-refractivity contribution in [2.75, 3.05) is 33.2 Å². The minimum absolute atomic E-state index is 0.0137. The number of piperazine rings is 1. The van der Waals surface area contributed by atoms with Crippen LogP contribution in [-0.2, 0) is 6.18 Å². The molecule has 0 aliphatic carbocycles. The van der Waals surface area contributed by atoms with Crippen molar-refractivity contribution in [2.45, 2.75) is 6.18 Å². The van der Waals surface area contributed by atoms with Gasteiger partial charge in [-0.1, -0.05) is 29.5 Å². The number of likely N-dealkylation sites (N-methyl/N-ethyl adjacent to an activating group) is 1. The Balaban J connectivity index is 1.40. The van der Waals surface area contributed by atoms with Crippen LogP contribution in [0.1, 0.15) is 15.9 Å². The lowest BCUT2D eigenvalue weighted by Gasteiger charge is -2.32. The highest BCUT2D eigenvalue weighted by Crippen LogP contribution is 2.34. The SMILES string of the molecule is CN1CCN(C(=O)c2ccc(-c3nn4c(-c5ccc(C(F)(F)F)c(F)c5)cnc4s3)cc2)CC1. The van der Waals surface area contributed by atoms with Crippen molar-refractivity contribution in [1.29, 1.82) is 0 Å². The third kappa shape index (κ3) is 4.16. The minimum atomic E-state index is -4.76. The Morgan fingerprint density at radius 2 is 1.68 bits per heavy atom. The van der Waals surface area contributed by atoms with E-state index in [1.807, 2.05) is 11.9 Å². The molecule has 5 rings (SSSR count). The number of nitrogens with zero attached hydrogens (tertiary/aromatic N) is 5. The number of carbonyl (C=O) groups excluding carboxylic acids is 1. The smallest absolute Gasteiger partial charge is 0.336 e. The van der Waals surface area contributed by atoms with Gasteiger partial charge in [0.1, 0.15) is 10.8 Å². The van der Waals surface area contributed by atoms with Gasteiger partial charge in [-0.05, 0) is 31.3 Å². The van der Waals surface area contributed by atoms with Crippen LogP contribution >= 0.6 is 11.3 Å². The van der Waals surface area contributed by atoms with E-state index < -0.39 is 17.6 Å². The highest BCUT2D eigenvalue weighted by atomic mass is 32.1. The third-order valence-corrected chi connectivity index (χ3v) is 6.80. The lowest BCUT2D eigenvalue weighted by molar-refractivity contribution is -0.139. The molecule has 0 radical (unpaired) electrons. The first-order valence-electron chi connectivity index (χ1n) is 10.5. The van der Waals surface area contributed by atoms with Crippen LogP contribution < -0.4 is 0 Å². The van der Waals surface area contributed by atoms with E-state index in [0.29, 0.717) is 40.4 Å². The number of hydrogen-bond donors (Lipinski definition) is 0. The van der Waals surface area contributed by atoms with E-state index in [1.165, 1.54) is 28.1 Å². The molecule has 34 heavy (non-hydrogen) atoms. The van der Waals surface area contributed by atoms with Gasteiger partial charge >= 0.3 is 6.18 Å². The topological polar surface area (TPSA) is 53.7 Å². The molecule has 0 N–H and O–H groups in total. The van der Waals surface area contributed by atoms with Crippen LogP contribution in [0.15, 0.2) is 48.7 Å². The van der Waals surface area contributed by atoms with E-state index in [4.69, 9.17) is 0 Å². The van der Waals surface area contributed by atoms with Gasteiger partial charge in [-0.15, -0.1) is 0 Å². The molecule has 2 aromatic carbocycles. The maximum absolute atomic E-state index is 14.1. The molecule has 0 bridgehead atoms. The van der Waals surface area contributed by atoms with Crippen LogP contribution in [0.2, 0.25) is 0 Å². The summed E-state index contributed by atoms with van der Waals surface area (Å²) in [5, 5.41) is 5.14. The molecule has 1 saturated heterocycles. The number of rotatable bonds is 3. The number of alkyl halides is 3. The van der Waals surface area contributed by atoms with Gasteiger partial charge in [0.15, 0.2) is 0 Å². The molecule has 176 valence electrons. The molecule has 0 saturated carbocycles. The van der Waals surface area contributed by atoms with Crippen molar-refractivity contribution in [3.63, 3.8) is 0 Å². The van der Waals surface area contributed by atoms with E-state index in [0.717, 1.165) is 24.7 Å². The second-order valence-electron chi connectivity index (χ2n) is 8.11. The van der Waals surface area contributed by atoms with Crippen molar-refractivity contribution < 1.29 is 22.4 Å². The summed E-state index contributed by atoms with van der Waals surface area (Å²) in [5.41, 5.74) is 0.669. The van der Waals surface area contributed by atoms with E-state index in [2.05, 4.69) is 15.0 Å².